The van der Waals surface area contributed by atoms with E-state index >= 15 is 0 Å². The Labute approximate surface area is 112 Å². The standard InChI is InChI=1S/C14H21F3N2/c1-3-19(10-14(15,16)17)9-8-11(2)12-4-6-13(18)7-5-12/h4-7,11H,3,8-10,18H2,1-2H3. The van der Waals surface area contributed by atoms with Crippen LogP contribution in [0, 0.1) is 0 Å². The van der Waals surface area contributed by atoms with Gasteiger partial charge in [0.1, 0.15) is 0 Å². The number of nitrogen functional groups attached to an aromatic ring is 1. The van der Waals surface area contributed by atoms with Crippen molar-refractivity contribution < 1.29 is 13.2 Å². The minimum absolute atomic E-state index is 0.225. The number of hydrogen-bond acceptors (Lipinski definition) is 2. The summed E-state index contributed by atoms with van der Waals surface area (Å²) in [6.45, 7) is 3.79. The van der Waals surface area contributed by atoms with Crippen LogP contribution in [0.1, 0.15) is 31.7 Å². The van der Waals surface area contributed by atoms with Gasteiger partial charge >= 0.3 is 6.18 Å². The summed E-state index contributed by atoms with van der Waals surface area (Å²) in [5, 5.41) is 0. The smallest absolute Gasteiger partial charge is 0.399 e. The van der Waals surface area contributed by atoms with E-state index in [2.05, 4.69) is 0 Å². The van der Waals surface area contributed by atoms with Crippen molar-refractivity contribution in [3.63, 3.8) is 0 Å². The first-order chi connectivity index (χ1) is 8.81. The number of hydrogen-bond donors (Lipinski definition) is 1. The largest absolute Gasteiger partial charge is 0.401 e. The Bertz CT molecular complexity index is 373. The number of halogens is 3. The van der Waals surface area contributed by atoms with E-state index in [1.807, 2.05) is 31.2 Å². The number of anilines is 1. The molecule has 1 aromatic rings. The van der Waals surface area contributed by atoms with Crippen molar-refractivity contribution >= 4 is 5.69 Å². The summed E-state index contributed by atoms with van der Waals surface area (Å²) in [4.78, 5) is 1.42. The van der Waals surface area contributed by atoms with Gasteiger partial charge in [-0.3, -0.25) is 4.90 Å². The third-order valence-corrected chi connectivity index (χ3v) is 3.23. The molecule has 0 aliphatic heterocycles. The first kappa shape index (κ1) is 15.8. The van der Waals surface area contributed by atoms with Crippen molar-refractivity contribution in [2.45, 2.75) is 32.4 Å². The lowest BCUT2D eigenvalue weighted by molar-refractivity contribution is -0.145. The second-order valence-electron chi connectivity index (χ2n) is 4.84. The van der Waals surface area contributed by atoms with Crippen LogP contribution in [0.15, 0.2) is 24.3 Å². The molecule has 0 spiro atoms. The van der Waals surface area contributed by atoms with Crippen LogP contribution < -0.4 is 5.73 Å². The molecule has 0 aromatic heterocycles. The third kappa shape index (κ3) is 5.96. The average molecular weight is 274 g/mol. The lowest BCUT2D eigenvalue weighted by Crippen LogP contribution is -2.35. The van der Waals surface area contributed by atoms with E-state index in [0.29, 0.717) is 25.2 Å². The molecule has 2 nitrogen and oxygen atoms in total. The van der Waals surface area contributed by atoms with E-state index in [9.17, 15) is 13.2 Å². The first-order valence-electron chi connectivity index (χ1n) is 6.46. The fourth-order valence-electron chi connectivity index (χ4n) is 1.97. The summed E-state index contributed by atoms with van der Waals surface area (Å²) in [5.41, 5.74) is 7.41. The molecule has 0 aliphatic carbocycles. The predicted molar refractivity (Wildman–Crippen MR) is 72.1 cm³/mol. The number of nitrogens with zero attached hydrogens (tertiary/aromatic N) is 1. The Morgan fingerprint density at radius 2 is 1.79 bits per heavy atom. The van der Waals surface area contributed by atoms with Crippen LogP contribution in [0.2, 0.25) is 0 Å². The highest BCUT2D eigenvalue weighted by Gasteiger charge is 2.29. The molecule has 1 aromatic carbocycles. The van der Waals surface area contributed by atoms with Gasteiger partial charge in [-0.15, -0.1) is 0 Å². The summed E-state index contributed by atoms with van der Waals surface area (Å²) in [7, 11) is 0. The van der Waals surface area contributed by atoms with Gasteiger partial charge in [0.25, 0.3) is 0 Å². The fourth-order valence-corrected chi connectivity index (χ4v) is 1.97. The first-order valence-corrected chi connectivity index (χ1v) is 6.46. The van der Waals surface area contributed by atoms with Gasteiger partial charge in [0.05, 0.1) is 6.54 Å². The fraction of sp³-hybridized carbons (Fsp3) is 0.571. The summed E-state index contributed by atoms with van der Waals surface area (Å²) in [6, 6.07) is 7.50. The molecule has 0 saturated carbocycles. The summed E-state index contributed by atoms with van der Waals surface area (Å²) >= 11 is 0. The number of nitrogens with two attached hydrogens (primary N) is 1. The Morgan fingerprint density at radius 3 is 2.26 bits per heavy atom. The number of alkyl halides is 3. The monoisotopic (exact) mass is 274 g/mol. The van der Waals surface area contributed by atoms with Crippen molar-refractivity contribution in [1.82, 2.24) is 4.90 Å². The predicted octanol–water partition coefficient (Wildman–Crippen LogP) is 3.65. The molecule has 0 heterocycles. The van der Waals surface area contributed by atoms with Crippen LogP contribution in [0.5, 0.6) is 0 Å². The lowest BCUT2D eigenvalue weighted by Gasteiger charge is -2.23. The molecule has 0 aliphatic rings. The highest BCUT2D eigenvalue weighted by molar-refractivity contribution is 5.40. The Morgan fingerprint density at radius 1 is 1.21 bits per heavy atom. The van der Waals surface area contributed by atoms with Crippen molar-refractivity contribution in [2.75, 3.05) is 25.4 Å². The van der Waals surface area contributed by atoms with Crippen LogP contribution in [-0.4, -0.2) is 30.7 Å². The number of benzene rings is 1. The topological polar surface area (TPSA) is 29.3 Å². The minimum atomic E-state index is -4.12. The maximum Gasteiger partial charge on any atom is 0.401 e. The highest BCUT2D eigenvalue weighted by atomic mass is 19.4. The van der Waals surface area contributed by atoms with Crippen molar-refractivity contribution in [3.8, 4) is 0 Å². The van der Waals surface area contributed by atoms with Crippen LogP contribution in [0.3, 0.4) is 0 Å². The van der Waals surface area contributed by atoms with E-state index in [-0.39, 0.29) is 5.92 Å². The zero-order chi connectivity index (χ0) is 14.5. The Hall–Kier alpha value is -1.23. The van der Waals surface area contributed by atoms with Crippen LogP contribution in [0.4, 0.5) is 18.9 Å². The zero-order valence-electron chi connectivity index (χ0n) is 11.4. The second kappa shape index (κ2) is 6.80. The molecule has 1 unspecified atom stereocenters. The van der Waals surface area contributed by atoms with Crippen molar-refractivity contribution in [1.29, 1.82) is 0 Å². The lowest BCUT2D eigenvalue weighted by atomic mass is 9.97. The molecular weight excluding hydrogens is 253 g/mol. The normalized spacial score (nSPS) is 13.8. The molecule has 2 N–H and O–H groups in total. The zero-order valence-corrected chi connectivity index (χ0v) is 11.4. The van der Waals surface area contributed by atoms with E-state index in [1.165, 1.54) is 4.90 Å². The van der Waals surface area contributed by atoms with E-state index in [1.54, 1.807) is 6.92 Å². The maximum absolute atomic E-state index is 12.3. The minimum Gasteiger partial charge on any atom is -0.399 e. The van der Waals surface area contributed by atoms with Crippen molar-refractivity contribution in [3.05, 3.63) is 29.8 Å². The van der Waals surface area contributed by atoms with Gasteiger partial charge in [-0.25, -0.2) is 0 Å². The second-order valence-corrected chi connectivity index (χ2v) is 4.84. The van der Waals surface area contributed by atoms with E-state index in [4.69, 9.17) is 5.73 Å². The molecule has 108 valence electrons. The molecule has 0 fully saturated rings. The summed E-state index contributed by atoms with van der Waals surface area (Å²) < 4.78 is 37.0. The molecule has 19 heavy (non-hydrogen) atoms. The van der Waals surface area contributed by atoms with Crippen LogP contribution in [0.25, 0.3) is 0 Å². The van der Waals surface area contributed by atoms with Gasteiger partial charge in [-0.1, -0.05) is 26.0 Å². The average Bonchev–Trinajstić information content (AvgIpc) is 2.33. The molecule has 0 amide bonds. The quantitative estimate of drug-likeness (QED) is 0.802. The van der Waals surface area contributed by atoms with Crippen LogP contribution >= 0.6 is 0 Å². The molecule has 0 bridgehead atoms. The molecule has 0 radical (unpaired) electrons. The molecule has 1 atom stereocenters. The maximum atomic E-state index is 12.3. The Kier molecular flexibility index (Phi) is 5.66. The molecule has 1 rings (SSSR count). The third-order valence-electron chi connectivity index (χ3n) is 3.23. The van der Waals surface area contributed by atoms with E-state index in [0.717, 1.165) is 5.56 Å². The SMILES string of the molecule is CCN(CCC(C)c1ccc(N)cc1)CC(F)(F)F. The van der Waals surface area contributed by atoms with Gasteiger partial charge in [0.15, 0.2) is 0 Å². The van der Waals surface area contributed by atoms with Gasteiger partial charge in [0.2, 0.25) is 0 Å². The van der Waals surface area contributed by atoms with E-state index < -0.39 is 12.7 Å². The number of rotatable bonds is 6. The highest BCUT2D eigenvalue weighted by Crippen LogP contribution is 2.22. The van der Waals surface area contributed by atoms with Crippen molar-refractivity contribution in [2.24, 2.45) is 0 Å². The summed E-state index contributed by atoms with van der Waals surface area (Å²) in [6.07, 6.45) is -3.42. The summed E-state index contributed by atoms with van der Waals surface area (Å²) in [5.74, 6) is 0.225. The molecular formula is C14H21F3N2. The molecule has 0 saturated heterocycles. The van der Waals surface area contributed by atoms with Gasteiger partial charge in [0, 0.05) is 5.69 Å². The molecule has 5 heteroatoms. The van der Waals surface area contributed by atoms with Gasteiger partial charge < -0.3 is 5.73 Å². The Balaban J connectivity index is 2.48. The van der Waals surface area contributed by atoms with Gasteiger partial charge in [-0.2, -0.15) is 13.2 Å². The van der Waals surface area contributed by atoms with Gasteiger partial charge in [-0.05, 0) is 43.1 Å². The van der Waals surface area contributed by atoms with Crippen LogP contribution in [-0.2, 0) is 0 Å².